The summed E-state index contributed by atoms with van der Waals surface area (Å²) >= 11 is 0. The fourth-order valence-electron chi connectivity index (χ4n) is 3.13. The molecule has 26 heavy (non-hydrogen) atoms. The van der Waals surface area contributed by atoms with Crippen LogP contribution in [0.4, 0.5) is 11.4 Å². The number of rotatable bonds is 6. The largest absolute Gasteiger partial charge is 0.378 e. The second-order valence-corrected chi connectivity index (χ2v) is 6.70. The van der Waals surface area contributed by atoms with Gasteiger partial charge in [0.15, 0.2) is 0 Å². The smallest absolute Gasteiger partial charge is 0.238 e. The van der Waals surface area contributed by atoms with Crippen LogP contribution in [0.15, 0.2) is 54.6 Å². The molecular formula is C21H27N3O2. The average molecular weight is 353 g/mol. The molecule has 1 amide bonds. The highest BCUT2D eigenvalue weighted by molar-refractivity contribution is 5.92. The third kappa shape index (κ3) is 4.84. The molecule has 0 bridgehead atoms. The predicted octanol–water partition coefficient (Wildman–Crippen LogP) is 3.15. The molecule has 0 radical (unpaired) electrons. The van der Waals surface area contributed by atoms with E-state index in [1.807, 2.05) is 42.3 Å². The van der Waals surface area contributed by atoms with Crippen LogP contribution < -0.4 is 10.2 Å². The van der Waals surface area contributed by atoms with Crippen molar-refractivity contribution in [2.45, 2.75) is 13.0 Å². The van der Waals surface area contributed by atoms with Crippen LogP contribution in [-0.4, -0.2) is 50.7 Å². The van der Waals surface area contributed by atoms with Crippen molar-refractivity contribution in [3.63, 3.8) is 0 Å². The highest BCUT2D eigenvalue weighted by atomic mass is 16.5. The molecule has 138 valence electrons. The topological polar surface area (TPSA) is 44.8 Å². The molecule has 1 saturated heterocycles. The van der Waals surface area contributed by atoms with E-state index in [0.717, 1.165) is 32.0 Å². The van der Waals surface area contributed by atoms with Crippen LogP contribution in [0.25, 0.3) is 0 Å². The van der Waals surface area contributed by atoms with Crippen molar-refractivity contribution in [1.29, 1.82) is 0 Å². The fourth-order valence-corrected chi connectivity index (χ4v) is 3.13. The number of hydrogen-bond acceptors (Lipinski definition) is 4. The van der Waals surface area contributed by atoms with Crippen LogP contribution >= 0.6 is 0 Å². The number of amides is 1. The van der Waals surface area contributed by atoms with Gasteiger partial charge in [-0.15, -0.1) is 0 Å². The normalized spacial score (nSPS) is 15.7. The Morgan fingerprint density at radius 3 is 2.42 bits per heavy atom. The van der Waals surface area contributed by atoms with E-state index >= 15 is 0 Å². The molecule has 3 rings (SSSR count). The zero-order valence-electron chi connectivity index (χ0n) is 15.5. The third-order valence-corrected chi connectivity index (χ3v) is 4.86. The maximum absolute atomic E-state index is 12.4. The summed E-state index contributed by atoms with van der Waals surface area (Å²) in [5.74, 6) is -0.00518. The van der Waals surface area contributed by atoms with E-state index in [-0.39, 0.29) is 11.9 Å². The molecule has 2 aromatic rings. The zero-order chi connectivity index (χ0) is 18.4. The Labute approximate surface area is 155 Å². The molecule has 1 fully saturated rings. The van der Waals surface area contributed by atoms with Crippen molar-refractivity contribution in [3.8, 4) is 0 Å². The number of nitrogens with zero attached hydrogens (tertiary/aromatic N) is 2. The Hall–Kier alpha value is -2.37. The Morgan fingerprint density at radius 1 is 1.12 bits per heavy atom. The molecule has 5 nitrogen and oxygen atoms in total. The number of benzene rings is 2. The highest BCUT2D eigenvalue weighted by Crippen LogP contribution is 2.20. The SMILES string of the molecule is C[C@H](c1ccccc1)N(C)CC(=O)Nc1ccc(N2CCOCC2)cc1. The minimum atomic E-state index is -0.00518. The Balaban J connectivity index is 1.52. The van der Waals surface area contributed by atoms with Gasteiger partial charge in [-0.3, -0.25) is 9.69 Å². The molecule has 1 heterocycles. The number of anilines is 2. The van der Waals surface area contributed by atoms with E-state index in [1.165, 1.54) is 11.3 Å². The minimum Gasteiger partial charge on any atom is -0.378 e. The predicted molar refractivity (Wildman–Crippen MR) is 106 cm³/mol. The van der Waals surface area contributed by atoms with Gasteiger partial charge in [-0.05, 0) is 43.8 Å². The van der Waals surface area contributed by atoms with Gasteiger partial charge in [-0.1, -0.05) is 30.3 Å². The standard InChI is InChI=1S/C21H27N3O2/c1-17(18-6-4-3-5-7-18)23(2)16-21(25)22-19-8-10-20(11-9-19)24-12-14-26-15-13-24/h3-11,17H,12-16H2,1-2H3,(H,22,25)/t17-/m1/s1. The summed E-state index contributed by atoms with van der Waals surface area (Å²) < 4.78 is 5.38. The van der Waals surface area contributed by atoms with Gasteiger partial charge >= 0.3 is 0 Å². The van der Waals surface area contributed by atoms with Crippen LogP contribution in [0.1, 0.15) is 18.5 Å². The van der Waals surface area contributed by atoms with Crippen LogP contribution in [0.3, 0.4) is 0 Å². The first-order valence-corrected chi connectivity index (χ1v) is 9.11. The van der Waals surface area contributed by atoms with Crippen LogP contribution in [0.5, 0.6) is 0 Å². The van der Waals surface area contributed by atoms with Gasteiger partial charge in [0, 0.05) is 30.5 Å². The van der Waals surface area contributed by atoms with Crippen molar-refractivity contribution < 1.29 is 9.53 Å². The molecule has 1 aliphatic rings. The molecule has 0 saturated carbocycles. The lowest BCUT2D eigenvalue weighted by Crippen LogP contribution is -2.36. The fraction of sp³-hybridized carbons (Fsp3) is 0.381. The minimum absolute atomic E-state index is 0.00518. The summed E-state index contributed by atoms with van der Waals surface area (Å²) in [7, 11) is 1.97. The van der Waals surface area contributed by atoms with E-state index in [9.17, 15) is 4.79 Å². The lowest BCUT2D eigenvalue weighted by Gasteiger charge is -2.29. The molecule has 1 N–H and O–H groups in total. The number of likely N-dealkylation sites (N-methyl/N-ethyl adjacent to an activating group) is 1. The summed E-state index contributed by atoms with van der Waals surface area (Å²) in [4.78, 5) is 16.7. The molecule has 0 aliphatic carbocycles. The van der Waals surface area contributed by atoms with E-state index in [1.54, 1.807) is 0 Å². The summed E-state index contributed by atoms with van der Waals surface area (Å²) in [6, 6.07) is 18.4. The van der Waals surface area contributed by atoms with Crippen molar-refractivity contribution in [2.24, 2.45) is 0 Å². The number of nitrogens with one attached hydrogen (secondary N) is 1. The van der Waals surface area contributed by atoms with Gasteiger partial charge in [-0.25, -0.2) is 0 Å². The molecule has 1 aliphatic heterocycles. The number of hydrogen-bond donors (Lipinski definition) is 1. The van der Waals surface area contributed by atoms with Gasteiger partial charge in [0.1, 0.15) is 0 Å². The number of carbonyl (C=O) groups excluding carboxylic acids is 1. The lowest BCUT2D eigenvalue weighted by molar-refractivity contribution is -0.117. The summed E-state index contributed by atoms with van der Waals surface area (Å²) in [6.45, 7) is 5.82. The van der Waals surface area contributed by atoms with Crippen molar-refractivity contribution in [2.75, 3.05) is 50.1 Å². The van der Waals surface area contributed by atoms with Crippen molar-refractivity contribution >= 4 is 17.3 Å². The van der Waals surface area contributed by atoms with Gasteiger partial charge in [0.05, 0.1) is 19.8 Å². The lowest BCUT2D eigenvalue weighted by atomic mass is 10.1. The molecule has 2 aromatic carbocycles. The molecule has 0 unspecified atom stereocenters. The molecule has 5 heteroatoms. The van der Waals surface area contributed by atoms with E-state index in [4.69, 9.17) is 4.74 Å². The first-order chi connectivity index (χ1) is 12.6. The maximum atomic E-state index is 12.4. The quantitative estimate of drug-likeness (QED) is 0.866. The zero-order valence-corrected chi connectivity index (χ0v) is 15.5. The van der Waals surface area contributed by atoms with Crippen LogP contribution in [0, 0.1) is 0 Å². The molecule has 0 aromatic heterocycles. The molecule has 0 spiro atoms. The Kier molecular flexibility index (Phi) is 6.26. The van der Waals surface area contributed by atoms with Gasteiger partial charge in [0.2, 0.25) is 5.91 Å². The first kappa shape index (κ1) is 18.4. The van der Waals surface area contributed by atoms with Crippen molar-refractivity contribution in [1.82, 2.24) is 4.90 Å². The van der Waals surface area contributed by atoms with Crippen LogP contribution in [-0.2, 0) is 9.53 Å². The molecular weight excluding hydrogens is 326 g/mol. The average Bonchev–Trinajstić information content (AvgIpc) is 2.69. The van der Waals surface area contributed by atoms with Gasteiger partial charge in [0.25, 0.3) is 0 Å². The van der Waals surface area contributed by atoms with E-state index in [0.29, 0.717) is 6.54 Å². The van der Waals surface area contributed by atoms with E-state index < -0.39 is 0 Å². The summed E-state index contributed by atoms with van der Waals surface area (Å²) in [5.41, 5.74) is 3.20. The highest BCUT2D eigenvalue weighted by Gasteiger charge is 2.15. The van der Waals surface area contributed by atoms with Crippen LogP contribution in [0.2, 0.25) is 0 Å². The summed E-state index contributed by atoms with van der Waals surface area (Å²) in [6.07, 6.45) is 0. The van der Waals surface area contributed by atoms with Gasteiger partial charge in [-0.2, -0.15) is 0 Å². The molecule has 1 atom stereocenters. The third-order valence-electron chi connectivity index (χ3n) is 4.86. The Morgan fingerprint density at radius 2 is 1.77 bits per heavy atom. The van der Waals surface area contributed by atoms with Gasteiger partial charge < -0.3 is 15.0 Å². The first-order valence-electron chi connectivity index (χ1n) is 9.11. The number of morpholine rings is 1. The van der Waals surface area contributed by atoms with E-state index in [2.05, 4.69) is 41.4 Å². The Bertz CT molecular complexity index is 697. The second-order valence-electron chi connectivity index (χ2n) is 6.70. The summed E-state index contributed by atoms with van der Waals surface area (Å²) in [5, 5.41) is 2.99. The second kappa shape index (κ2) is 8.83. The van der Waals surface area contributed by atoms with Crippen molar-refractivity contribution in [3.05, 3.63) is 60.2 Å². The maximum Gasteiger partial charge on any atom is 0.238 e. The number of ether oxygens (including phenoxy) is 1. The number of carbonyl (C=O) groups is 1. The monoisotopic (exact) mass is 353 g/mol.